The molecule has 1 aromatic carbocycles. The van der Waals surface area contributed by atoms with Crippen LogP contribution >= 0.6 is 0 Å². The van der Waals surface area contributed by atoms with Crippen LogP contribution in [0.3, 0.4) is 0 Å². The van der Waals surface area contributed by atoms with Gasteiger partial charge in [-0.1, -0.05) is 18.2 Å². The van der Waals surface area contributed by atoms with Gasteiger partial charge < -0.3 is 10.6 Å². The van der Waals surface area contributed by atoms with E-state index in [2.05, 4.69) is 15.7 Å². The number of carbonyl (C=O) groups is 3. The van der Waals surface area contributed by atoms with Crippen molar-refractivity contribution in [3.05, 3.63) is 30.3 Å². The fourth-order valence-corrected chi connectivity index (χ4v) is 2.57. The summed E-state index contributed by atoms with van der Waals surface area (Å²) >= 11 is 0. The van der Waals surface area contributed by atoms with Crippen molar-refractivity contribution in [2.24, 2.45) is 5.10 Å². The SMILES string of the molecule is CC(=O)[C@H]1CC(C(=O)NCCC(=O)NC(C)C)=NN1c1ccccc1. The fourth-order valence-electron chi connectivity index (χ4n) is 2.57. The Bertz CT molecular complexity index is 670. The van der Waals surface area contributed by atoms with E-state index in [1.54, 1.807) is 5.01 Å². The number of carbonyl (C=O) groups excluding carboxylic acids is 3. The molecule has 7 heteroatoms. The maximum absolute atomic E-state index is 12.3. The summed E-state index contributed by atoms with van der Waals surface area (Å²) in [5.41, 5.74) is 1.06. The number of para-hydroxylation sites is 1. The standard InChI is InChI=1S/C18H24N4O3/c1-12(2)20-17(24)9-10-19-18(25)15-11-16(13(3)23)22(21-15)14-7-5-4-6-8-14/h4-8,12,16H,9-11H2,1-3H3,(H,19,25)(H,20,24)/t16-/m1/s1. The third kappa shape index (κ3) is 5.14. The van der Waals surface area contributed by atoms with Gasteiger partial charge >= 0.3 is 0 Å². The summed E-state index contributed by atoms with van der Waals surface area (Å²) in [6.45, 7) is 5.48. The largest absolute Gasteiger partial charge is 0.354 e. The molecule has 0 fully saturated rings. The number of benzene rings is 1. The molecule has 0 aromatic heterocycles. The first-order valence-electron chi connectivity index (χ1n) is 8.38. The van der Waals surface area contributed by atoms with Crippen molar-refractivity contribution >= 4 is 29.0 Å². The third-order valence-electron chi connectivity index (χ3n) is 3.75. The molecule has 2 rings (SSSR count). The van der Waals surface area contributed by atoms with Gasteiger partial charge in [-0.25, -0.2) is 0 Å². The van der Waals surface area contributed by atoms with Crippen LogP contribution in [0.5, 0.6) is 0 Å². The highest BCUT2D eigenvalue weighted by Gasteiger charge is 2.33. The van der Waals surface area contributed by atoms with E-state index in [0.29, 0.717) is 5.71 Å². The molecule has 0 saturated carbocycles. The summed E-state index contributed by atoms with van der Waals surface area (Å²) in [7, 11) is 0. The Kier molecular flexibility index (Phi) is 6.27. The van der Waals surface area contributed by atoms with Crippen LogP contribution in [0.4, 0.5) is 5.69 Å². The second-order valence-electron chi connectivity index (χ2n) is 6.29. The molecule has 1 heterocycles. The molecule has 0 bridgehead atoms. The lowest BCUT2D eigenvalue weighted by Gasteiger charge is -2.20. The van der Waals surface area contributed by atoms with E-state index in [0.717, 1.165) is 5.69 Å². The van der Waals surface area contributed by atoms with E-state index in [-0.39, 0.29) is 43.0 Å². The van der Waals surface area contributed by atoms with Gasteiger partial charge in [0.2, 0.25) is 5.91 Å². The Balaban J connectivity index is 1.97. The van der Waals surface area contributed by atoms with E-state index in [1.807, 2.05) is 44.2 Å². The number of Topliss-reactive ketones (excluding diaryl/α,β-unsaturated/α-hetero) is 1. The van der Waals surface area contributed by atoms with Gasteiger partial charge in [0.05, 0.1) is 5.69 Å². The number of nitrogens with one attached hydrogen (secondary N) is 2. The van der Waals surface area contributed by atoms with Gasteiger partial charge in [0, 0.05) is 25.4 Å². The second-order valence-corrected chi connectivity index (χ2v) is 6.29. The summed E-state index contributed by atoms with van der Waals surface area (Å²) < 4.78 is 0. The van der Waals surface area contributed by atoms with Crippen molar-refractivity contribution in [3.63, 3.8) is 0 Å². The van der Waals surface area contributed by atoms with Gasteiger partial charge in [-0.3, -0.25) is 19.4 Å². The molecular weight excluding hydrogens is 320 g/mol. The van der Waals surface area contributed by atoms with Crippen LogP contribution in [0.25, 0.3) is 0 Å². The molecule has 0 spiro atoms. The van der Waals surface area contributed by atoms with E-state index < -0.39 is 6.04 Å². The molecule has 1 aliphatic heterocycles. The van der Waals surface area contributed by atoms with Gasteiger partial charge in [0.25, 0.3) is 5.91 Å². The lowest BCUT2D eigenvalue weighted by Crippen LogP contribution is -2.37. The molecule has 1 aliphatic rings. The molecule has 0 radical (unpaired) electrons. The molecule has 0 saturated heterocycles. The van der Waals surface area contributed by atoms with Crippen LogP contribution in [0.15, 0.2) is 35.4 Å². The minimum Gasteiger partial charge on any atom is -0.354 e. The minimum atomic E-state index is -0.479. The normalized spacial score (nSPS) is 16.6. The summed E-state index contributed by atoms with van der Waals surface area (Å²) in [5, 5.41) is 11.4. The van der Waals surface area contributed by atoms with E-state index in [4.69, 9.17) is 0 Å². The summed E-state index contributed by atoms with van der Waals surface area (Å²) in [6.07, 6.45) is 0.462. The van der Waals surface area contributed by atoms with Crippen molar-refractivity contribution < 1.29 is 14.4 Å². The average molecular weight is 344 g/mol. The summed E-state index contributed by atoms with van der Waals surface area (Å²) in [6, 6.07) is 8.86. The molecule has 1 atom stereocenters. The monoisotopic (exact) mass is 344 g/mol. The number of anilines is 1. The van der Waals surface area contributed by atoms with Gasteiger partial charge in [-0.15, -0.1) is 0 Å². The van der Waals surface area contributed by atoms with Crippen LogP contribution in [-0.4, -0.2) is 41.9 Å². The van der Waals surface area contributed by atoms with Gasteiger partial charge in [0.15, 0.2) is 5.78 Å². The predicted molar refractivity (Wildman–Crippen MR) is 96.3 cm³/mol. The zero-order valence-electron chi connectivity index (χ0n) is 14.8. The lowest BCUT2D eigenvalue weighted by molar-refractivity contribution is -0.121. The number of hydrogen-bond acceptors (Lipinski definition) is 5. The smallest absolute Gasteiger partial charge is 0.267 e. The van der Waals surface area contributed by atoms with E-state index >= 15 is 0 Å². The third-order valence-corrected chi connectivity index (χ3v) is 3.75. The predicted octanol–water partition coefficient (Wildman–Crippen LogP) is 1.24. The summed E-state index contributed by atoms with van der Waals surface area (Å²) in [4.78, 5) is 35.8. The van der Waals surface area contributed by atoms with Gasteiger partial charge in [-0.05, 0) is 32.9 Å². The first-order chi connectivity index (χ1) is 11.9. The molecule has 1 aromatic rings. The van der Waals surface area contributed by atoms with Crippen molar-refractivity contribution in [3.8, 4) is 0 Å². The molecule has 7 nitrogen and oxygen atoms in total. The molecule has 25 heavy (non-hydrogen) atoms. The van der Waals surface area contributed by atoms with E-state index in [9.17, 15) is 14.4 Å². The summed E-state index contributed by atoms with van der Waals surface area (Å²) in [5.74, 6) is -0.509. The Labute approximate surface area is 147 Å². The lowest BCUT2D eigenvalue weighted by atomic mass is 10.1. The average Bonchev–Trinajstić information content (AvgIpc) is 3.00. The zero-order chi connectivity index (χ0) is 18.4. The molecule has 2 amide bonds. The highest BCUT2D eigenvalue weighted by Crippen LogP contribution is 2.24. The van der Waals surface area contributed by atoms with Crippen LogP contribution in [-0.2, 0) is 14.4 Å². The molecular formula is C18H24N4O3. The Morgan fingerprint density at radius 1 is 1.24 bits per heavy atom. The van der Waals surface area contributed by atoms with Gasteiger partial charge in [-0.2, -0.15) is 5.10 Å². The molecule has 134 valence electrons. The van der Waals surface area contributed by atoms with Gasteiger partial charge in [0.1, 0.15) is 11.8 Å². The highest BCUT2D eigenvalue weighted by molar-refractivity contribution is 6.40. The van der Waals surface area contributed by atoms with Crippen LogP contribution in [0, 0.1) is 0 Å². The Morgan fingerprint density at radius 2 is 1.92 bits per heavy atom. The van der Waals surface area contributed by atoms with Crippen molar-refractivity contribution in [2.75, 3.05) is 11.6 Å². The maximum Gasteiger partial charge on any atom is 0.267 e. The number of hydrazone groups is 1. The van der Waals surface area contributed by atoms with Crippen LogP contribution < -0.4 is 15.6 Å². The Morgan fingerprint density at radius 3 is 2.52 bits per heavy atom. The first-order valence-corrected chi connectivity index (χ1v) is 8.38. The number of rotatable bonds is 7. The topological polar surface area (TPSA) is 90.9 Å². The fraction of sp³-hybridized carbons (Fsp3) is 0.444. The minimum absolute atomic E-state index is 0.0493. The van der Waals surface area contributed by atoms with Crippen molar-refractivity contribution in [1.29, 1.82) is 0 Å². The molecule has 2 N–H and O–H groups in total. The number of hydrogen-bond donors (Lipinski definition) is 2. The number of amides is 2. The van der Waals surface area contributed by atoms with Crippen molar-refractivity contribution in [1.82, 2.24) is 10.6 Å². The number of ketones is 1. The van der Waals surface area contributed by atoms with Crippen molar-refractivity contribution in [2.45, 2.75) is 45.7 Å². The molecule has 0 unspecified atom stereocenters. The quantitative estimate of drug-likeness (QED) is 0.779. The zero-order valence-corrected chi connectivity index (χ0v) is 14.8. The van der Waals surface area contributed by atoms with Crippen LogP contribution in [0.1, 0.15) is 33.6 Å². The second kappa shape index (κ2) is 8.41. The number of nitrogens with zero attached hydrogens (tertiary/aromatic N) is 2. The van der Waals surface area contributed by atoms with Crippen LogP contribution in [0.2, 0.25) is 0 Å². The Hall–Kier alpha value is -2.70. The highest BCUT2D eigenvalue weighted by atomic mass is 16.2. The maximum atomic E-state index is 12.3. The molecule has 0 aliphatic carbocycles. The van der Waals surface area contributed by atoms with E-state index in [1.165, 1.54) is 6.92 Å². The first kappa shape index (κ1) is 18.6.